The molecule has 18 heavy (non-hydrogen) atoms. The fraction of sp³-hybridized carbons (Fsp3) is 0.529. The zero-order valence-corrected chi connectivity index (χ0v) is 11.6. The Morgan fingerprint density at radius 1 is 1.06 bits per heavy atom. The average Bonchev–Trinajstić information content (AvgIpc) is 2.92. The summed E-state index contributed by atoms with van der Waals surface area (Å²) in [7, 11) is 0. The van der Waals surface area contributed by atoms with Gasteiger partial charge in [-0.1, -0.05) is 32.8 Å². The van der Waals surface area contributed by atoms with Crippen molar-refractivity contribution in [3.05, 3.63) is 34.5 Å². The van der Waals surface area contributed by atoms with Gasteiger partial charge in [0.05, 0.1) is 0 Å². The van der Waals surface area contributed by atoms with Crippen molar-refractivity contribution in [3.8, 4) is 0 Å². The second-order valence-electron chi connectivity index (χ2n) is 5.56. The van der Waals surface area contributed by atoms with E-state index in [1.54, 1.807) is 22.1 Å². The largest absolute Gasteiger partial charge is 0.358 e. The van der Waals surface area contributed by atoms with Crippen molar-refractivity contribution in [1.82, 2.24) is 4.98 Å². The second kappa shape index (κ2) is 4.79. The molecule has 1 nitrogen and oxygen atoms in total. The van der Waals surface area contributed by atoms with E-state index in [0.29, 0.717) is 0 Å². The maximum Gasteiger partial charge on any atom is 0.0461 e. The van der Waals surface area contributed by atoms with Crippen molar-refractivity contribution in [2.45, 2.75) is 58.8 Å². The summed E-state index contributed by atoms with van der Waals surface area (Å²) in [6.45, 7) is 4.57. The topological polar surface area (TPSA) is 15.8 Å². The fourth-order valence-electron chi connectivity index (χ4n) is 3.50. The number of H-pyrrole nitrogens is 1. The molecule has 1 heteroatoms. The van der Waals surface area contributed by atoms with Crippen LogP contribution in [0.5, 0.6) is 0 Å². The van der Waals surface area contributed by atoms with E-state index < -0.39 is 0 Å². The third-order valence-corrected chi connectivity index (χ3v) is 4.23. The number of nitrogens with one attached hydrogen (secondary N) is 1. The lowest BCUT2D eigenvalue weighted by atomic mass is 9.94. The van der Waals surface area contributed by atoms with Crippen LogP contribution in [0.4, 0.5) is 0 Å². The Morgan fingerprint density at radius 3 is 2.67 bits per heavy atom. The van der Waals surface area contributed by atoms with Gasteiger partial charge in [0.1, 0.15) is 0 Å². The molecule has 0 saturated carbocycles. The summed E-state index contributed by atoms with van der Waals surface area (Å²) in [5.41, 5.74) is 7.74. The zero-order valence-electron chi connectivity index (χ0n) is 11.6. The molecule has 96 valence electrons. The number of fused-ring (bicyclic) bond motifs is 3. The highest BCUT2D eigenvalue weighted by Gasteiger charge is 2.20. The molecule has 2 aromatic rings. The van der Waals surface area contributed by atoms with Gasteiger partial charge in [0, 0.05) is 16.6 Å². The molecule has 0 unspecified atom stereocenters. The van der Waals surface area contributed by atoms with E-state index in [0.717, 1.165) is 0 Å². The quantitative estimate of drug-likeness (QED) is 0.807. The third kappa shape index (κ3) is 1.77. The molecule has 0 radical (unpaired) electrons. The van der Waals surface area contributed by atoms with Crippen LogP contribution < -0.4 is 0 Å². The molecule has 1 aliphatic carbocycles. The molecule has 3 rings (SSSR count). The van der Waals surface area contributed by atoms with Gasteiger partial charge in [-0.3, -0.25) is 0 Å². The van der Waals surface area contributed by atoms with Crippen molar-refractivity contribution in [2.75, 3.05) is 0 Å². The first-order chi connectivity index (χ1) is 8.85. The van der Waals surface area contributed by atoms with Crippen LogP contribution in [0.15, 0.2) is 12.1 Å². The minimum atomic E-state index is 1.23. The van der Waals surface area contributed by atoms with Crippen LogP contribution in [0.25, 0.3) is 10.9 Å². The van der Waals surface area contributed by atoms with E-state index in [9.17, 15) is 0 Å². The average molecular weight is 241 g/mol. The number of hydrogen-bond donors (Lipinski definition) is 1. The Balaban J connectivity index is 2.22. The van der Waals surface area contributed by atoms with Crippen LogP contribution in [-0.2, 0) is 25.7 Å². The number of benzene rings is 1. The minimum Gasteiger partial charge on any atom is -0.358 e. The van der Waals surface area contributed by atoms with Crippen LogP contribution in [0.2, 0.25) is 0 Å². The summed E-state index contributed by atoms with van der Waals surface area (Å²) in [5.74, 6) is 0. The van der Waals surface area contributed by atoms with Gasteiger partial charge in [-0.25, -0.2) is 0 Å². The van der Waals surface area contributed by atoms with Crippen LogP contribution >= 0.6 is 0 Å². The monoisotopic (exact) mass is 241 g/mol. The molecular formula is C17H23N. The molecule has 0 saturated heterocycles. The maximum atomic E-state index is 3.64. The van der Waals surface area contributed by atoms with E-state index in [-0.39, 0.29) is 0 Å². The molecule has 1 heterocycles. The Kier molecular flexibility index (Phi) is 3.15. The van der Waals surface area contributed by atoms with Gasteiger partial charge in [-0.15, -0.1) is 0 Å². The van der Waals surface area contributed by atoms with Gasteiger partial charge in [0.25, 0.3) is 0 Å². The number of rotatable bonds is 4. The predicted octanol–water partition coefficient (Wildman–Crippen LogP) is 4.56. The first-order valence-corrected chi connectivity index (χ1v) is 7.49. The molecule has 1 aliphatic rings. The van der Waals surface area contributed by atoms with E-state index >= 15 is 0 Å². The number of hydrogen-bond acceptors (Lipinski definition) is 0. The summed E-state index contributed by atoms with van der Waals surface area (Å²) < 4.78 is 0. The molecular weight excluding hydrogens is 218 g/mol. The van der Waals surface area contributed by atoms with E-state index in [1.165, 1.54) is 56.2 Å². The van der Waals surface area contributed by atoms with Crippen molar-refractivity contribution in [3.63, 3.8) is 0 Å². The standard InChI is InChI=1S/C17H23N/c1-3-6-12-10-11-16-17(13(12)7-4-2)14-8-5-9-15(14)18-16/h10-11,18H,3-9H2,1-2H3. The molecule has 0 amide bonds. The Labute approximate surface area is 110 Å². The Hall–Kier alpha value is -1.24. The van der Waals surface area contributed by atoms with Crippen LogP contribution in [0.3, 0.4) is 0 Å². The lowest BCUT2D eigenvalue weighted by Crippen LogP contribution is -1.96. The van der Waals surface area contributed by atoms with Crippen LogP contribution in [0, 0.1) is 0 Å². The van der Waals surface area contributed by atoms with Crippen molar-refractivity contribution in [2.24, 2.45) is 0 Å². The number of aromatic nitrogens is 1. The number of aryl methyl sites for hydroxylation is 4. The van der Waals surface area contributed by atoms with Crippen molar-refractivity contribution < 1.29 is 0 Å². The van der Waals surface area contributed by atoms with Crippen LogP contribution in [-0.4, -0.2) is 4.98 Å². The summed E-state index contributed by atoms with van der Waals surface area (Å²) >= 11 is 0. The molecule has 0 spiro atoms. The summed E-state index contributed by atoms with van der Waals surface area (Å²) in [4.78, 5) is 3.64. The molecule has 0 aliphatic heterocycles. The smallest absolute Gasteiger partial charge is 0.0461 e. The van der Waals surface area contributed by atoms with Crippen molar-refractivity contribution >= 4 is 10.9 Å². The third-order valence-electron chi connectivity index (χ3n) is 4.23. The SMILES string of the molecule is CCCc1ccc2[nH]c3c(c2c1CCC)CCC3. The van der Waals surface area contributed by atoms with Gasteiger partial charge in [-0.05, 0) is 54.9 Å². The summed E-state index contributed by atoms with van der Waals surface area (Å²) in [5, 5.41) is 1.58. The van der Waals surface area contributed by atoms with E-state index in [4.69, 9.17) is 0 Å². The summed E-state index contributed by atoms with van der Waals surface area (Å²) in [6.07, 6.45) is 8.81. The number of aromatic amines is 1. The van der Waals surface area contributed by atoms with Gasteiger partial charge < -0.3 is 4.98 Å². The first-order valence-electron chi connectivity index (χ1n) is 7.49. The highest BCUT2D eigenvalue weighted by Crippen LogP contribution is 2.34. The minimum absolute atomic E-state index is 1.23. The molecule has 0 bridgehead atoms. The molecule has 0 atom stereocenters. The Morgan fingerprint density at radius 2 is 1.89 bits per heavy atom. The first kappa shape index (κ1) is 11.8. The molecule has 1 aromatic heterocycles. The van der Waals surface area contributed by atoms with Gasteiger partial charge in [0.15, 0.2) is 0 Å². The molecule has 1 aromatic carbocycles. The van der Waals surface area contributed by atoms with Gasteiger partial charge in [-0.2, -0.15) is 0 Å². The van der Waals surface area contributed by atoms with Crippen molar-refractivity contribution in [1.29, 1.82) is 0 Å². The fourth-order valence-corrected chi connectivity index (χ4v) is 3.50. The maximum absolute atomic E-state index is 3.64. The Bertz CT molecular complexity index is 562. The van der Waals surface area contributed by atoms with Gasteiger partial charge >= 0.3 is 0 Å². The van der Waals surface area contributed by atoms with E-state index in [2.05, 4.69) is 31.0 Å². The normalized spacial score (nSPS) is 14.3. The summed E-state index contributed by atoms with van der Waals surface area (Å²) in [6, 6.07) is 4.65. The van der Waals surface area contributed by atoms with E-state index in [1.807, 2.05) is 0 Å². The zero-order chi connectivity index (χ0) is 12.5. The highest BCUT2D eigenvalue weighted by molar-refractivity contribution is 5.89. The highest BCUT2D eigenvalue weighted by atomic mass is 14.7. The molecule has 1 N–H and O–H groups in total. The lowest BCUT2D eigenvalue weighted by Gasteiger charge is -2.11. The predicted molar refractivity (Wildman–Crippen MR) is 78.3 cm³/mol. The lowest BCUT2D eigenvalue weighted by molar-refractivity contribution is 0.864. The van der Waals surface area contributed by atoms with Crippen LogP contribution in [0.1, 0.15) is 55.5 Å². The second-order valence-corrected chi connectivity index (χ2v) is 5.56. The molecule has 0 fully saturated rings. The van der Waals surface area contributed by atoms with Gasteiger partial charge in [0.2, 0.25) is 0 Å².